The van der Waals surface area contributed by atoms with Gasteiger partial charge in [0.1, 0.15) is 11.7 Å². The van der Waals surface area contributed by atoms with Crippen LogP contribution in [-0.2, 0) is 11.3 Å². The molecular weight excluding hydrogens is 243 g/mol. The molecule has 0 aliphatic carbocycles. The zero-order valence-corrected chi connectivity index (χ0v) is 11.6. The van der Waals surface area contributed by atoms with E-state index in [1.807, 2.05) is 13.0 Å². The van der Waals surface area contributed by atoms with E-state index in [0.717, 1.165) is 12.0 Å². The van der Waals surface area contributed by atoms with E-state index in [0.29, 0.717) is 24.1 Å². The molecule has 0 radical (unpaired) electrons. The van der Waals surface area contributed by atoms with Gasteiger partial charge in [-0.1, -0.05) is 25.5 Å². The summed E-state index contributed by atoms with van der Waals surface area (Å²) < 4.78 is 13.5. The van der Waals surface area contributed by atoms with Crippen LogP contribution in [0, 0.1) is 36.9 Å². The Balaban J connectivity index is 2.67. The monoisotopic (exact) mass is 262 g/mol. The molecule has 1 amide bonds. The van der Waals surface area contributed by atoms with Crippen molar-refractivity contribution in [3.05, 3.63) is 34.6 Å². The summed E-state index contributed by atoms with van der Waals surface area (Å²) in [4.78, 5) is 11.8. The van der Waals surface area contributed by atoms with Crippen molar-refractivity contribution in [3.8, 4) is 6.07 Å². The fourth-order valence-corrected chi connectivity index (χ4v) is 1.99. The summed E-state index contributed by atoms with van der Waals surface area (Å²) >= 11 is 0. The Hall–Kier alpha value is -1.89. The molecule has 0 saturated heterocycles. The highest BCUT2D eigenvalue weighted by atomic mass is 19.1. The zero-order valence-electron chi connectivity index (χ0n) is 11.6. The molecule has 0 spiro atoms. The Morgan fingerprint density at radius 1 is 1.42 bits per heavy atom. The van der Waals surface area contributed by atoms with Crippen LogP contribution in [0.4, 0.5) is 4.39 Å². The summed E-state index contributed by atoms with van der Waals surface area (Å²) in [6.45, 7) is 5.65. The highest BCUT2D eigenvalue weighted by molar-refractivity contribution is 5.80. The molecule has 0 heterocycles. The third kappa shape index (κ3) is 4.06. The van der Waals surface area contributed by atoms with Crippen molar-refractivity contribution in [1.29, 1.82) is 5.26 Å². The number of rotatable bonds is 5. The van der Waals surface area contributed by atoms with Gasteiger partial charge < -0.3 is 5.32 Å². The zero-order chi connectivity index (χ0) is 14.4. The molecule has 0 fully saturated rings. The topological polar surface area (TPSA) is 52.9 Å². The average Bonchev–Trinajstić information content (AvgIpc) is 2.39. The van der Waals surface area contributed by atoms with E-state index >= 15 is 0 Å². The van der Waals surface area contributed by atoms with Gasteiger partial charge in [0.15, 0.2) is 0 Å². The molecule has 4 heteroatoms. The minimum atomic E-state index is -0.604. The number of hydrogen-bond donors (Lipinski definition) is 1. The molecule has 1 N–H and O–H groups in total. The number of hydrogen-bond acceptors (Lipinski definition) is 2. The lowest BCUT2D eigenvalue weighted by Crippen LogP contribution is -2.29. The number of carbonyl (C=O) groups is 1. The third-order valence-corrected chi connectivity index (χ3v) is 3.01. The second kappa shape index (κ2) is 6.89. The second-order valence-electron chi connectivity index (χ2n) is 4.73. The van der Waals surface area contributed by atoms with Crippen LogP contribution in [0.15, 0.2) is 12.1 Å². The van der Waals surface area contributed by atoms with Crippen LogP contribution < -0.4 is 5.32 Å². The van der Waals surface area contributed by atoms with Crippen LogP contribution in [0.5, 0.6) is 0 Å². The van der Waals surface area contributed by atoms with E-state index in [9.17, 15) is 9.18 Å². The number of carbonyl (C=O) groups excluding carboxylic acids is 1. The Morgan fingerprint density at radius 3 is 2.47 bits per heavy atom. The van der Waals surface area contributed by atoms with E-state index in [2.05, 4.69) is 5.32 Å². The van der Waals surface area contributed by atoms with Gasteiger partial charge in [-0.05, 0) is 37.0 Å². The highest BCUT2D eigenvalue weighted by Gasteiger charge is 2.16. The summed E-state index contributed by atoms with van der Waals surface area (Å²) in [6.07, 6.45) is 1.35. The average molecular weight is 262 g/mol. The van der Waals surface area contributed by atoms with Crippen molar-refractivity contribution in [3.63, 3.8) is 0 Å². The number of nitrogens with zero attached hydrogens (tertiary/aromatic N) is 1. The SMILES string of the molecule is CCCC(C#N)C(=O)NCc1cc(C)c(F)c(C)c1. The molecule has 19 heavy (non-hydrogen) atoms. The summed E-state index contributed by atoms with van der Waals surface area (Å²) in [7, 11) is 0. The Labute approximate surface area is 113 Å². The van der Waals surface area contributed by atoms with Gasteiger partial charge >= 0.3 is 0 Å². The molecule has 1 unspecified atom stereocenters. The number of benzene rings is 1. The number of nitrogens with one attached hydrogen (secondary N) is 1. The van der Waals surface area contributed by atoms with E-state index < -0.39 is 5.92 Å². The fraction of sp³-hybridized carbons (Fsp3) is 0.467. The van der Waals surface area contributed by atoms with Crippen LogP contribution in [0.1, 0.15) is 36.5 Å². The first-order chi connectivity index (χ1) is 8.99. The lowest BCUT2D eigenvalue weighted by atomic mass is 10.0. The van der Waals surface area contributed by atoms with Crippen LogP contribution in [0.25, 0.3) is 0 Å². The van der Waals surface area contributed by atoms with Crippen LogP contribution in [-0.4, -0.2) is 5.91 Å². The summed E-state index contributed by atoms with van der Waals surface area (Å²) in [5.74, 6) is -1.08. The minimum Gasteiger partial charge on any atom is -0.351 e. The first kappa shape index (κ1) is 15.2. The van der Waals surface area contributed by atoms with Crippen molar-refractivity contribution in [2.24, 2.45) is 5.92 Å². The van der Waals surface area contributed by atoms with Crippen molar-refractivity contribution in [2.45, 2.75) is 40.2 Å². The van der Waals surface area contributed by atoms with Crippen molar-refractivity contribution in [1.82, 2.24) is 5.32 Å². The Bertz CT molecular complexity index is 482. The summed E-state index contributed by atoms with van der Waals surface area (Å²) in [5.41, 5.74) is 1.97. The molecule has 1 rings (SSSR count). The van der Waals surface area contributed by atoms with Crippen molar-refractivity contribution >= 4 is 5.91 Å². The normalized spacial score (nSPS) is 11.7. The smallest absolute Gasteiger partial charge is 0.237 e. The molecule has 0 aromatic heterocycles. The maximum atomic E-state index is 13.5. The first-order valence-electron chi connectivity index (χ1n) is 6.42. The van der Waals surface area contributed by atoms with Gasteiger partial charge in [-0.15, -0.1) is 0 Å². The van der Waals surface area contributed by atoms with E-state index in [4.69, 9.17) is 5.26 Å². The van der Waals surface area contributed by atoms with Gasteiger partial charge in [0.05, 0.1) is 6.07 Å². The number of aryl methyl sites for hydroxylation is 2. The predicted molar refractivity (Wildman–Crippen MR) is 71.7 cm³/mol. The van der Waals surface area contributed by atoms with E-state index in [-0.39, 0.29) is 11.7 Å². The molecule has 0 aliphatic rings. The molecule has 102 valence electrons. The van der Waals surface area contributed by atoms with Crippen molar-refractivity contribution < 1.29 is 9.18 Å². The first-order valence-corrected chi connectivity index (χ1v) is 6.42. The molecule has 1 aromatic carbocycles. The fourth-order valence-electron chi connectivity index (χ4n) is 1.99. The maximum absolute atomic E-state index is 13.5. The van der Waals surface area contributed by atoms with Gasteiger partial charge in [0, 0.05) is 6.54 Å². The number of nitriles is 1. The predicted octanol–water partition coefficient (Wildman–Crippen LogP) is 3.00. The number of halogens is 1. The molecule has 0 aliphatic heterocycles. The van der Waals surface area contributed by atoms with Gasteiger partial charge in [0.25, 0.3) is 0 Å². The molecule has 1 aromatic rings. The largest absolute Gasteiger partial charge is 0.351 e. The van der Waals surface area contributed by atoms with E-state index in [1.165, 1.54) is 0 Å². The minimum absolute atomic E-state index is 0.212. The van der Waals surface area contributed by atoms with Crippen LogP contribution >= 0.6 is 0 Å². The molecule has 1 atom stereocenters. The van der Waals surface area contributed by atoms with Gasteiger partial charge in [-0.2, -0.15) is 5.26 Å². The molecule has 3 nitrogen and oxygen atoms in total. The standard InChI is InChI=1S/C15H19FN2O/c1-4-5-13(8-17)15(19)18-9-12-6-10(2)14(16)11(3)7-12/h6-7,13H,4-5,9H2,1-3H3,(H,18,19). The van der Waals surface area contributed by atoms with Gasteiger partial charge in [-0.3, -0.25) is 4.79 Å². The van der Waals surface area contributed by atoms with Gasteiger partial charge in [-0.25, -0.2) is 4.39 Å². The van der Waals surface area contributed by atoms with E-state index in [1.54, 1.807) is 26.0 Å². The lowest BCUT2D eigenvalue weighted by Gasteiger charge is -2.11. The number of amides is 1. The second-order valence-corrected chi connectivity index (χ2v) is 4.73. The van der Waals surface area contributed by atoms with Crippen molar-refractivity contribution in [2.75, 3.05) is 0 Å². The maximum Gasteiger partial charge on any atom is 0.237 e. The lowest BCUT2D eigenvalue weighted by molar-refractivity contribution is -0.123. The third-order valence-electron chi connectivity index (χ3n) is 3.01. The Morgan fingerprint density at radius 2 is 2.00 bits per heavy atom. The molecule has 0 bridgehead atoms. The van der Waals surface area contributed by atoms with Gasteiger partial charge in [0.2, 0.25) is 5.91 Å². The quantitative estimate of drug-likeness (QED) is 0.886. The van der Waals surface area contributed by atoms with Crippen LogP contribution in [0.3, 0.4) is 0 Å². The highest BCUT2D eigenvalue weighted by Crippen LogP contribution is 2.15. The molecule has 0 saturated carbocycles. The summed E-state index contributed by atoms with van der Waals surface area (Å²) in [5, 5.41) is 11.6. The Kier molecular flexibility index (Phi) is 5.50. The summed E-state index contributed by atoms with van der Waals surface area (Å²) in [6, 6.07) is 5.42. The van der Waals surface area contributed by atoms with Crippen LogP contribution in [0.2, 0.25) is 0 Å². The molecular formula is C15H19FN2O.